The summed E-state index contributed by atoms with van der Waals surface area (Å²) in [6, 6.07) is 8.34. The molecule has 0 fully saturated rings. The molecule has 16 heteroatoms. The summed E-state index contributed by atoms with van der Waals surface area (Å²) >= 11 is 5.84. The first-order valence-electron chi connectivity index (χ1n) is 11.5. The van der Waals surface area contributed by atoms with Crippen molar-refractivity contribution in [1.29, 1.82) is 0 Å². The number of rotatable bonds is 9. The Balaban J connectivity index is 1.93. The van der Waals surface area contributed by atoms with Crippen molar-refractivity contribution in [2.45, 2.75) is 44.5 Å². The molecular formula is C24H22ClF6N5O4. The van der Waals surface area contributed by atoms with Crippen LogP contribution in [0.15, 0.2) is 53.3 Å². The third-order valence-electron chi connectivity index (χ3n) is 5.56. The molecule has 0 aliphatic heterocycles. The molecule has 1 aromatic heterocycles. The number of halogens is 7. The zero-order valence-corrected chi connectivity index (χ0v) is 21.3. The number of aliphatic hydroxyl groups is 1. The maximum Gasteiger partial charge on any atom is 0.416 e. The van der Waals surface area contributed by atoms with Crippen molar-refractivity contribution in [2.75, 3.05) is 6.54 Å². The topological polar surface area (TPSA) is 118 Å². The van der Waals surface area contributed by atoms with Gasteiger partial charge in [-0.15, -0.1) is 5.10 Å². The van der Waals surface area contributed by atoms with E-state index in [9.17, 15) is 45.8 Å². The Morgan fingerprint density at radius 1 is 1.07 bits per heavy atom. The normalized spacial score (nSPS) is 13.5. The molecule has 2 atom stereocenters. The third kappa shape index (κ3) is 7.85. The minimum absolute atomic E-state index is 0.00930. The Labute approximate surface area is 227 Å². The Hall–Kier alpha value is -3.85. The van der Waals surface area contributed by atoms with Crippen LogP contribution in [-0.2, 0) is 28.9 Å². The summed E-state index contributed by atoms with van der Waals surface area (Å²) in [6.07, 6.45) is -12.7. The maximum atomic E-state index is 13.2. The molecule has 0 spiro atoms. The Morgan fingerprint density at radius 3 is 2.30 bits per heavy atom. The molecule has 1 heterocycles. The van der Waals surface area contributed by atoms with E-state index in [2.05, 4.69) is 15.7 Å². The van der Waals surface area contributed by atoms with Crippen LogP contribution in [0, 0.1) is 0 Å². The number of benzene rings is 2. The van der Waals surface area contributed by atoms with Crippen molar-refractivity contribution >= 4 is 23.4 Å². The molecule has 2 amide bonds. The zero-order valence-electron chi connectivity index (χ0n) is 20.6. The smallest absolute Gasteiger partial charge is 0.382 e. The van der Waals surface area contributed by atoms with Crippen molar-refractivity contribution in [3.8, 4) is 11.4 Å². The van der Waals surface area contributed by atoms with Gasteiger partial charge < -0.3 is 15.7 Å². The van der Waals surface area contributed by atoms with Crippen molar-refractivity contribution in [3.63, 3.8) is 0 Å². The molecule has 2 unspecified atom stereocenters. The van der Waals surface area contributed by atoms with Gasteiger partial charge >= 0.3 is 18.0 Å². The molecule has 2 aromatic carbocycles. The summed E-state index contributed by atoms with van der Waals surface area (Å²) < 4.78 is 79.8. The molecule has 0 radical (unpaired) electrons. The molecule has 0 bridgehead atoms. The summed E-state index contributed by atoms with van der Waals surface area (Å²) in [5, 5.41) is 18.6. The summed E-state index contributed by atoms with van der Waals surface area (Å²) in [5.41, 5.74) is -2.02. The number of alkyl halides is 6. The first-order valence-corrected chi connectivity index (χ1v) is 11.8. The molecule has 0 saturated carbocycles. The van der Waals surface area contributed by atoms with E-state index in [1.54, 1.807) is 0 Å². The quantitative estimate of drug-likeness (QED) is 0.329. The fourth-order valence-corrected chi connectivity index (χ4v) is 3.73. The number of carbonyl (C=O) groups is 2. The summed E-state index contributed by atoms with van der Waals surface area (Å²) in [4.78, 5) is 37.2. The van der Waals surface area contributed by atoms with E-state index in [0.29, 0.717) is 9.25 Å². The van der Waals surface area contributed by atoms with Gasteiger partial charge in [-0.05, 0) is 42.0 Å². The predicted molar refractivity (Wildman–Crippen MR) is 130 cm³/mol. The molecule has 3 N–H and O–H groups in total. The number of carbonyl (C=O) groups excluding carboxylic acids is 2. The lowest BCUT2D eigenvalue weighted by atomic mass is 10.0. The molecule has 3 aromatic rings. The summed E-state index contributed by atoms with van der Waals surface area (Å²) in [7, 11) is 0. The molecule has 0 saturated heterocycles. The Bertz CT molecular complexity index is 1420. The average Bonchev–Trinajstić information content (AvgIpc) is 3.15. The number of amides is 2. The molecular weight excluding hydrogens is 572 g/mol. The lowest BCUT2D eigenvalue weighted by molar-refractivity contribution is -0.207. The van der Waals surface area contributed by atoms with Crippen molar-refractivity contribution in [3.05, 3.63) is 75.2 Å². The zero-order chi connectivity index (χ0) is 29.8. The number of nitrogens with one attached hydrogen (secondary N) is 2. The van der Waals surface area contributed by atoms with Gasteiger partial charge in [0, 0.05) is 24.1 Å². The molecule has 9 nitrogen and oxygen atoms in total. The van der Waals surface area contributed by atoms with Gasteiger partial charge in [-0.25, -0.2) is 9.48 Å². The number of hydrogen-bond acceptors (Lipinski definition) is 5. The van der Waals surface area contributed by atoms with E-state index in [1.807, 2.05) is 0 Å². The summed E-state index contributed by atoms with van der Waals surface area (Å²) in [5.74, 6) is -1.78. The highest BCUT2D eigenvalue weighted by atomic mass is 35.5. The molecule has 0 aliphatic carbocycles. The van der Waals surface area contributed by atoms with Crippen molar-refractivity contribution in [2.24, 2.45) is 0 Å². The Kier molecular flexibility index (Phi) is 9.30. The number of aromatic nitrogens is 3. The highest BCUT2D eigenvalue weighted by Gasteiger charge is 2.39. The first-order chi connectivity index (χ1) is 18.6. The number of nitrogens with zero attached hydrogens (tertiary/aromatic N) is 3. The average molecular weight is 594 g/mol. The Morgan fingerprint density at radius 2 is 1.73 bits per heavy atom. The lowest BCUT2D eigenvalue weighted by Crippen LogP contribution is -2.41. The molecule has 216 valence electrons. The second kappa shape index (κ2) is 12.1. The monoisotopic (exact) mass is 593 g/mol. The van der Waals surface area contributed by atoms with Gasteiger partial charge in [0.05, 0.1) is 18.2 Å². The fourth-order valence-electron chi connectivity index (χ4n) is 3.60. The van der Waals surface area contributed by atoms with Gasteiger partial charge in [0.2, 0.25) is 11.8 Å². The predicted octanol–water partition coefficient (Wildman–Crippen LogP) is 3.30. The second-order valence-electron chi connectivity index (χ2n) is 8.62. The van der Waals surface area contributed by atoms with Crippen LogP contribution in [0.2, 0.25) is 5.02 Å². The van der Waals surface area contributed by atoms with E-state index in [1.165, 1.54) is 30.3 Å². The second-order valence-corrected chi connectivity index (χ2v) is 9.06. The third-order valence-corrected chi connectivity index (χ3v) is 5.81. The minimum atomic E-state index is -5.06. The SMILES string of the molecule is CC(=O)NCC(NC(=O)Cn1nc(-c2ccc(Cl)cc2)n(CC(O)C(F)(F)F)c1=O)c1cccc(C(F)(F)F)c1. The van der Waals surface area contributed by atoms with Crippen LogP contribution < -0.4 is 16.3 Å². The van der Waals surface area contributed by atoms with E-state index in [4.69, 9.17) is 11.6 Å². The largest absolute Gasteiger partial charge is 0.416 e. The van der Waals surface area contributed by atoms with Crippen LogP contribution >= 0.6 is 11.6 Å². The highest BCUT2D eigenvalue weighted by Crippen LogP contribution is 2.31. The van der Waals surface area contributed by atoms with Gasteiger partial charge in [0.15, 0.2) is 11.9 Å². The van der Waals surface area contributed by atoms with Crippen molar-refractivity contribution < 1.29 is 41.0 Å². The van der Waals surface area contributed by atoms with E-state index >= 15 is 0 Å². The van der Waals surface area contributed by atoms with Crippen LogP contribution in [-0.4, -0.2) is 50.1 Å². The van der Waals surface area contributed by atoms with Gasteiger partial charge in [0.1, 0.15) is 6.54 Å². The summed E-state index contributed by atoms with van der Waals surface area (Å²) in [6.45, 7) is -1.22. The molecule has 40 heavy (non-hydrogen) atoms. The molecule has 3 rings (SSSR count). The van der Waals surface area contributed by atoms with E-state index in [0.717, 1.165) is 25.1 Å². The van der Waals surface area contributed by atoms with Crippen LogP contribution in [0.3, 0.4) is 0 Å². The maximum absolute atomic E-state index is 13.2. The van der Waals surface area contributed by atoms with Gasteiger partial charge in [-0.1, -0.05) is 23.7 Å². The highest BCUT2D eigenvalue weighted by molar-refractivity contribution is 6.30. The number of hydrogen-bond donors (Lipinski definition) is 3. The molecule has 0 aliphatic rings. The first kappa shape index (κ1) is 30.7. The van der Waals surface area contributed by atoms with Gasteiger partial charge in [-0.3, -0.25) is 14.2 Å². The lowest BCUT2D eigenvalue weighted by Gasteiger charge is -2.20. The minimum Gasteiger partial charge on any atom is -0.382 e. The van der Waals surface area contributed by atoms with E-state index < -0.39 is 60.7 Å². The van der Waals surface area contributed by atoms with Gasteiger partial charge in [-0.2, -0.15) is 26.3 Å². The van der Waals surface area contributed by atoms with Crippen molar-refractivity contribution in [1.82, 2.24) is 25.0 Å². The van der Waals surface area contributed by atoms with Crippen LogP contribution in [0.5, 0.6) is 0 Å². The van der Waals surface area contributed by atoms with E-state index in [-0.39, 0.29) is 28.5 Å². The number of aliphatic hydroxyl groups excluding tert-OH is 1. The van der Waals surface area contributed by atoms with Gasteiger partial charge in [0.25, 0.3) is 0 Å². The van der Waals surface area contributed by atoms with Crippen LogP contribution in [0.25, 0.3) is 11.4 Å². The van der Waals surface area contributed by atoms with Crippen LogP contribution in [0.1, 0.15) is 24.1 Å². The fraction of sp³-hybridized carbons (Fsp3) is 0.333. The van der Waals surface area contributed by atoms with Crippen LogP contribution in [0.4, 0.5) is 26.3 Å². The standard InChI is InChI=1S/C24H22ClF6N5O4/c1-13(37)32-10-18(15-3-2-4-16(9-15)23(26,27)28)33-20(39)12-36-22(40)35(11-19(38)24(29,30)31)21(34-36)14-5-7-17(25)8-6-14/h2-9,18-19,38H,10-12H2,1H3,(H,32,37)(H,33,39).